The van der Waals surface area contributed by atoms with Gasteiger partial charge in [-0.2, -0.15) is 0 Å². The molecule has 0 bridgehead atoms. The molecule has 8 rings (SSSR count). The lowest BCUT2D eigenvalue weighted by molar-refractivity contribution is 1.07. The Morgan fingerprint density at radius 3 is 1.17 bits per heavy atom. The number of aromatic nitrogens is 5. The van der Waals surface area contributed by atoms with Gasteiger partial charge >= 0.3 is 0 Å². The van der Waals surface area contributed by atoms with Gasteiger partial charge in [0.1, 0.15) is 0 Å². The van der Waals surface area contributed by atoms with E-state index in [1.165, 1.54) is 0 Å². The molecular formula is C41H27N5. The molecule has 5 nitrogen and oxygen atoms in total. The molecule has 0 radical (unpaired) electrons. The Morgan fingerprint density at radius 1 is 0.283 bits per heavy atom. The average Bonchev–Trinajstić information content (AvgIpc) is 3.15. The predicted molar refractivity (Wildman–Crippen MR) is 186 cm³/mol. The Labute approximate surface area is 267 Å². The molecule has 8 aromatic rings. The van der Waals surface area contributed by atoms with Crippen LogP contribution in [0.3, 0.4) is 0 Å². The number of hydrogen-bond donors (Lipinski definition) is 0. The van der Waals surface area contributed by atoms with Crippen molar-refractivity contribution in [3.63, 3.8) is 0 Å². The quantitative estimate of drug-likeness (QED) is 0.193. The molecule has 0 N–H and O–H groups in total. The average molecular weight is 590 g/mol. The van der Waals surface area contributed by atoms with Crippen molar-refractivity contribution in [2.24, 2.45) is 0 Å². The van der Waals surface area contributed by atoms with E-state index in [-0.39, 0.29) is 0 Å². The molecule has 5 heteroatoms. The maximum atomic E-state index is 4.94. The van der Waals surface area contributed by atoms with Crippen LogP contribution in [0.25, 0.3) is 78.6 Å². The number of rotatable bonds is 6. The van der Waals surface area contributed by atoms with Gasteiger partial charge in [-0.1, -0.05) is 127 Å². The fourth-order valence-corrected chi connectivity index (χ4v) is 5.75. The standard InChI is InChI=1S/C41H27N5/c1-4-12-28(13-5-1)35-26-37-38(43-23-22-42-37)27-36(35)33-20-10-18-31(24-33)32-19-11-21-34(25-32)41-45-39(29-14-6-2-7-15-29)44-40(46-41)30-16-8-3-9-17-30/h1-27H. The molecule has 6 aromatic carbocycles. The fourth-order valence-electron chi connectivity index (χ4n) is 5.75. The molecule has 0 spiro atoms. The van der Waals surface area contributed by atoms with E-state index in [1.54, 1.807) is 12.4 Å². The first-order chi connectivity index (χ1) is 22.8. The summed E-state index contributed by atoms with van der Waals surface area (Å²) in [5.74, 6) is 1.92. The lowest BCUT2D eigenvalue weighted by atomic mass is 9.91. The monoisotopic (exact) mass is 589 g/mol. The van der Waals surface area contributed by atoms with Crippen LogP contribution >= 0.6 is 0 Å². The van der Waals surface area contributed by atoms with Crippen LogP contribution in [-0.2, 0) is 0 Å². The molecule has 0 saturated carbocycles. The van der Waals surface area contributed by atoms with Crippen molar-refractivity contribution in [2.45, 2.75) is 0 Å². The highest BCUT2D eigenvalue weighted by Gasteiger charge is 2.15. The fraction of sp³-hybridized carbons (Fsp3) is 0. The summed E-state index contributed by atoms with van der Waals surface area (Å²) < 4.78 is 0. The zero-order valence-electron chi connectivity index (χ0n) is 24.8. The van der Waals surface area contributed by atoms with Crippen LogP contribution in [0.2, 0.25) is 0 Å². The molecule has 0 atom stereocenters. The maximum absolute atomic E-state index is 4.94. The van der Waals surface area contributed by atoms with Crippen LogP contribution in [0.1, 0.15) is 0 Å². The summed E-state index contributed by atoms with van der Waals surface area (Å²) in [6.07, 6.45) is 3.48. The lowest BCUT2D eigenvalue weighted by Gasteiger charge is -2.13. The van der Waals surface area contributed by atoms with Crippen molar-refractivity contribution >= 4 is 11.0 Å². The van der Waals surface area contributed by atoms with E-state index in [1.807, 2.05) is 66.7 Å². The van der Waals surface area contributed by atoms with Gasteiger partial charge in [0.05, 0.1) is 11.0 Å². The molecular weight excluding hydrogens is 562 g/mol. The van der Waals surface area contributed by atoms with Gasteiger partial charge in [0.25, 0.3) is 0 Å². The zero-order chi connectivity index (χ0) is 30.7. The van der Waals surface area contributed by atoms with Gasteiger partial charge < -0.3 is 0 Å². The third kappa shape index (κ3) is 5.42. The second kappa shape index (κ2) is 12.0. The van der Waals surface area contributed by atoms with Gasteiger partial charge in [0.2, 0.25) is 0 Å². The van der Waals surface area contributed by atoms with E-state index in [0.29, 0.717) is 17.5 Å². The smallest absolute Gasteiger partial charge is 0.164 e. The van der Waals surface area contributed by atoms with Gasteiger partial charge in [-0.05, 0) is 57.6 Å². The summed E-state index contributed by atoms with van der Waals surface area (Å²) in [5, 5.41) is 0. The lowest BCUT2D eigenvalue weighted by Crippen LogP contribution is -2.00. The van der Waals surface area contributed by atoms with Gasteiger partial charge in [-0.15, -0.1) is 0 Å². The van der Waals surface area contributed by atoms with Crippen molar-refractivity contribution < 1.29 is 0 Å². The molecule has 46 heavy (non-hydrogen) atoms. The summed E-state index contributed by atoms with van der Waals surface area (Å²) in [6, 6.07) is 51.9. The SMILES string of the molecule is c1ccc(-c2nc(-c3ccccc3)nc(-c3cccc(-c4cccc(-c5cc6nccnc6cc5-c5ccccc5)c4)c3)n2)cc1. The third-order valence-corrected chi connectivity index (χ3v) is 8.02. The minimum absolute atomic E-state index is 0.630. The molecule has 0 fully saturated rings. The normalized spacial score (nSPS) is 11.0. The molecule has 0 saturated heterocycles. The Kier molecular flexibility index (Phi) is 7.09. The molecule has 0 unspecified atom stereocenters. The van der Waals surface area contributed by atoms with Crippen molar-refractivity contribution in [1.29, 1.82) is 0 Å². The summed E-state index contributed by atoms with van der Waals surface area (Å²) in [5.41, 5.74) is 11.2. The molecule has 2 aromatic heterocycles. The van der Waals surface area contributed by atoms with Crippen molar-refractivity contribution in [3.8, 4) is 67.5 Å². The molecule has 0 aliphatic carbocycles. The maximum Gasteiger partial charge on any atom is 0.164 e. The second-order valence-electron chi connectivity index (χ2n) is 11.0. The first-order valence-corrected chi connectivity index (χ1v) is 15.2. The number of nitrogens with zero attached hydrogens (tertiary/aromatic N) is 5. The van der Waals surface area contributed by atoms with Crippen LogP contribution in [0.4, 0.5) is 0 Å². The molecule has 216 valence electrons. The van der Waals surface area contributed by atoms with Crippen molar-refractivity contribution in [3.05, 3.63) is 164 Å². The minimum Gasteiger partial charge on any atom is -0.253 e. The summed E-state index contributed by atoms with van der Waals surface area (Å²) in [6.45, 7) is 0. The van der Waals surface area contributed by atoms with E-state index in [4.69, 9.17) is 15.0 Å². The Morgan fingerprint density at radius 2 is 0.652 bits per heavy atom. The van der Waals surface area contributed by atoms with Crippen LogP contribution < -0.4 is 0 Å². The molecule has 0 aliphatic rings. The first kappa shape index (κ1) is 27.2. The van der Waals surface area contributed by atoms with Crippen LogP contribution in [-0.4, -0.2) is 24.9 Å². The van der Waals surface area contributed by atoms with E-state index < -0.39 is 0 Å². The first-order valence-electron chi connectivity index (χ1n) is 15.2. The number of hydrogen-bond acceptors (Lipinski definition) is 5. The Bertz CT molecular complexity index is 2250. The predicted octanol–water partition coefficient (Wildman–Crippen LogP) is 9.82. The van der Waals surface area contributed by atoms with E-state index >= 15 is 0 Å². The number of fused-ring (bicyclic) bond motifs is 1. The van der Waals surface area contributed by atoms with E-state index in [9.17, 15) is 0 Å². The Hall–Kier alpha value is -6.33. The van der Waals surface area contributed by atoms with Crippen LogP contribution in [0.15, 0.2) is 164 Å². The summed E-state index contributed by atoms with van der Waals surface area (Å²) >= 11 is 0. The minimum atomic E-state index is 0.630. The highest BCUT2D eigenvalue weighted by molar-refractivity contribution is 5.94. The van der Waals surface area contributed by atoms with E-state index in [0.717, 1.165) is 61.1 Å². The highest BCUT2D eigenvalue weighted by Crippen LogP contribution is 2.37. The third-order valence-electron chi connectivity index (χ3n) is 8.02. The summed E-state index contributed by atoms with van der Waals surface area (Å²) in [4.78, 5) is 23.9. The van der Waals surface area contributed by atoms with Gasteiger partial charge in [0.15, 0.2) is 17.5 Å². The molecule has 0 amide bonds. The van der Waals surface area contributed by atoms with Gasteiger partial charge in [-0.3, -0.25) is 9.97 Å². The zero-order valence-corrected chi connectivity index (χ0v) is 24.8. The number of benzene rings is 6. The van der Waals surface area contributed by atoms with E-state index in [2.05, 4.69) is 94.9 Å². The van der Waals surface area contributed by atoms with Crippen molar-refractivity contribution in [2.75, 3.05) is 0 Å². The topological polar surface area (TPSA) is 64.5 Å². The highest BCUT2D eigenvalue weighted by atomic mass is 15.0. The van der Waals surface area contributed by atoms with Crippen LogP contribution in [0, 0.1) is 0 Å². The second-order valence-corrected chi connectivity index (χ2v) is 11.0. The summed E-state index contributed by atoms with van der Waals surface area (Å²) in [7, 11) is 0. The van der Waals surface area contributed by atoms with Gasteiger partial charge in [0, 0.05) is 29.1 Å². The largest absolute Gasteiger partial charge is 0.253 e. The molecule has 2 heterocycles. The Balaban J connectivity index is 1.23. The molecule has 0 aliphatic heterocycles. The van der Waals surface area contributed by atoms with Crippen LogP contribution in [0.5, 0.6) is 0 Å². The van der Waals surface area contributed by atoms with Gasteiger partial charge in [-0.25, -0.2) is 15.0 Å². The van der Waals surface area contributed by atoms with Crippen molar-refractivity contribution in [1.82, 2.24) is 24.9 Å².